The van der Waals surface area contributed by atoms with Gasteiger partial charge in [0.25, 0.3) is 0 Å². The molecule has 0 bridgehead atoms. The van der Waals surface area contributed by atoms with Crippen LogP contribution in [0.4, 0.5) is 0 Å². The molecule has 1 fully saturated rings. The van der Waals surface area contributed by atoms with Crippen LogP contribution in [0, 0.1) is 5.41 Å². The minimum absolute atomic E-state index is 0.237. The highest BCUT2D eigenvalue weighted by Gasteiger charge is 2.38. The Morgan fingerprint density at radius 2 is 2.00 bits per heavy atom. The first-order chi connectivity index (χ1) is 8.64. The second-order valence-electron chi connectivity index (χ2n) is 5.12. The van der Waals surface area contributed by atoms with Crippen LogP contribution < -0.4 is 5.32 Å². The van der Waals surface area contributed by atoms with Gasteiger partial charge in [0.15, 0.2) is 0 Å². The molecule has 5 heteroatoms. The third-order valence-corrected chi connectivity index (χ3v) is 3.51. The fourth-order valence-corrected chi connectivity index (χ4v) is 2.30. The van der Waals surface area contributed by atoms with E-state index < -0.39 is 0 Å². The molecule has 106 valence electrons. The summed E-state index contributed by atoms with van der Waals surface area (Å²) in [6.45, 7) is 6.43. The molecule has 5 nitrogen and oxygen atoms in total. The van der Waals surface area contributed by atoms with Crippen molar-refractivity contribution in [3.05, 3.63) is 0 Å². The van der Waals surface area contributed by atoms with E-state index in [1.54, 1.807) is 14.2 Å². The zero-order valence-corrected chi connectivity index (χ0v) is 11.8. The number of carbonyl (C=O) groups excluding carboxylic acids is 1. The molecule has 0 aromatic rings. The van der Waals surface area contributed by atoms with E-state index in [1.165, 1.54) is 0 Å². The van der Waals surface area contributed by atoms with Gasteiger partial charge >= 0.3 is 0 Å². The topological polar surface area (TPSA) is 50.8 Å². The summed E-state index contributed by atoms with van der Waals surface area (Å²) in [7, 11) is 3.35. The fourth-order valence-electron chi connectivity index (χ4n) is 2.30. The van der Waals surface area contributed by atoms with E-state index in [2.05, 4.69) is 5.32 Å². The molecule has 1 atom stereocenters. The molecular formula is C13H26N2O3. The summed E-state index contributed by atoms with van der Waals surface area (Å²) in [5.74, 6) is 0.237. The Hall–Kier alpha value is -0.650. The Bertz CT molecular complexity index is 253. The first-order valence-electron chi connectivity index (χ1n) is 6.62. The summed E-state index contributed by atoms with van der Waals surface area (Å²) in [6.07, 6.45) is 1.79. The first kappa shape index (κ1) is 15.4. The molecule has 1 aliphatic heterocycles. The van der Waals surface area contributed by atoms with Crippen LogP contribution in [0.15, 0.2) is 0 Å². The van der Waals surface area contributed by atoms with Crippen LogP contribution in [0.5, 0.6) is 0 Å². The number of nitrogens with one attached hydrogen (secondary N) is 1. The maximum absolute atomic E-state index is 12.6. The highest BCUT2D eigenvalue weighted by atomic mass is 16.5. The van der Waals surface area contributed by atoms with E-state index in [1.807, 2.05) is 11.8 Å². The summed E-state index contributed by atoms with van der Waals surface area (Å²) in [6, 6.07) is 0. The molecule has 1 unspecified atom stereocenters. The Balaban J connectivity index is 2.53. The van der Waals surface area contributed by atoms with Crippen molar-refractivity contribution >= 4 is 5.91 Å². The van der Waals surface area contributed by atoms with Gasteiger partial charge < -0.3 is 19.7 Å². The number of ether oxygens (including phenoxy) is 2. The van der Waals surface area contributed by atoms with E-state index in [9.17, 15) is 4.79 Å². The van der Waals surface area contributed by atoms with Crippen molar-refractivity contribution in [3.8, 4) is 0 Å². The van der Waals surface area contributed by atoms with Gasteiger partial charge in [0.05, 0.1) is 12.0 Å². The predicted molar refractivity (Wildman–Crippen MR) is 70.5 cm³/mol. The fraction of sp³-hybridized carbons (Fsp3) is 0.923. The van der Waals surface area contributed by atoms with Gasteiger partial charge in [-0.2, -0.15) is 0 Å². The zero-order chi connectivity index (χ0) is 13.4. The number of hydrogen-bond acceptors (Lipinski definition) is 4. The summed E-state index contributed by atoms with van der Waals surface area (Å²) in [5, 5.41) is 3.27. The van der Waals surface area contributed by atoms with Gasteiger partial charge in [-0.3, -0.25) is 4.79 Å². The van der Waals surface area contributed by atoms with Gasteiger partial charge in [-0.05, 0) is 26.3 Å². The lowest BCUT2D eigenvalue weighted by Crippen LogP contribution is -2.45. The lowest BCUT2D eigenvalue weighted by atomic mass is 9.88. The predicted octanol–water partition coefficient (Wildman–Crippen LogP) is 0.498. The maximum Gasteiger partial charge on any atom is 0.229 e. The average Bonchev–Trinajstić information content (AvgIpc) is 2.81. The average molecular weight is 258 g/mol. The Kier molecular flexibility index (Phi) is 6.60. The normalized spacial score (nSPS) is 23.3. The Labute approximate surface area is 110 Å². The van der Waals surface area contributed by atoms with E-state index in [4.69, 9.17) is 9.47 Å². The maximum atomic E-state index is 12.6. The second-order valence-corrected chi connectivity index (χ2v) is 5.12. The van der Waals surface area contributed by atoms with Gasteiger partial charge in [-0.1, -0.05) is 0 Å². The van der Waals surface area contributed by atoms with Crippen molar-refractivity contribution in [1.82, 2.24) is 10.2 Å². The third-order valence-electron chi connectivity index (χ3n) is 3.51. The van der Waals surface area contributed by atoms with Crippen LogP contribution in [0.1, 0.15) is 19.8 Å². The number of methoxy groups -OCH3 is 2. The molecule has 1 N–H and O–H groups in total. The minimum Gasteiger partial charge on any atom is -0.385 e. The van der Waals surface area contributed by atoms with E-state index in [0.717, 1.165) is 32.5 Å². The van der Waals surface area contributed by atoms with Crippen LogP contribution in [0.3, 0.4) is 0 Å². The third kappa shape index (κ3) is 4.23. The van der Waals surface area contributed by atoms with Crippen LogP contribution >= 0.6 is 0 Å². The van der Waals surface area contributed by atoms with E-state index in [-0.39, 0.29) is 11.3 Å². The Morgan fingerprint density at radius 1 is 1.28 bits per heavy atom. The monoisotopic (exact) mass is 258 g/mol. The zero-order valence-electron chi connectivity index (χ0n) is 11.8. The van der Waals surface area contributed by atoms with Crippen LogP contribution in [-0.2, 0) is 14.3 Å². The van der Waals surface area contributed by atoms with Crippen LogP contribution in [-0.4, -0.2) is 64.4 Å². The summed E-state index contributed by atoms with van der Waals surface area (Å²) < 4.78 is 10.1. The lowest BCUT2D eigenvalue weighted by Gasteiger charge is -2.31. The highest BCUT2D eigenvalue weighted by molar-refractivity contribution is 5.83. The summed E-state index contributed by atoms with van der Waals surface area (Å²) in [4.78, 5) is 14.5. The number of amides is 1. The number of nitrogens with zero attached hydrogens (tertiary/aromatic N) is 1. The van der Waals surface area contributed by atoms with Gasteiger partial charge in [-0.25, -0.2) is 0 Å². The molecule has 0 radical (unpaired) electrons. The molecule has 0 aliphatic carbocycles. The standard InChI is InChI=1S/C13H26N2O3/c1-13(5-6-14-11-13)12(16)15(8-10-18-3)7-4-9-17-2/h14H,4-11H2,1-3H3. The molecule has 1 saturated heterocycles. The quantitative estimate of drug-likeness (QED) is 0.644. The summed E-state index contributed by atoms with van der Waals surface area (Å²) in [5.41, 5.74) is -0.249. The molecule has 1 aliphatic rings. The van der Waals surface area contributed by atoms with Gasteiger partial charge in [0.2, 0.25) is 5.91 Å². The second kappa shape index (κ2) is 7.71. The number of rotatable bonds is 8. The van der Waals surface area contributed by atoms with E-state index in [0.29, 0.717) is 19.8 Å². The lowest BCUT2D eigenvalue weighted by molar-refractivity contribution is -0.141. The molecule has 0 saturated carbocycles. The molecule has 18 heavy (non-hydrogen) atoms. The molecule has 0 aromatic carbocycles. The highest BCUT2D eigenvalue weighted by Crippen LogP contribution is 2.27. The number of carbonyl (C=O) groups is 1. The SMILES string of the molecule is COCCCN(CCOC)C(=O)C1(C)CCNC1. The first-order valence-corrected chi connectivity index (χ1v) is 6.62. The summed E-state index contributed by atoms with van der Waals surface area (Å²) >= 11 is 0. The molecule has 0 aromatic heterocycles. The largest absolute Gasteiger partial charge is 0.385 e. The van der Waals surface area contributed by atoms with Crippen molar-refractivity contribution in [2.45, 2.75) is 19.8 Å². The molecule has 1 rings (SSSR count). The minimum atomic E-state index is -0.249. The number of hydrogen-bond donors (Lipinski definition) is 1. The smallest absolute Gasteiger partial charge is 0.229 e. The molecule has 1 heterocycles. The van der Waals surface area contributed by atoms with Gasteiger partial charge in [0.1, 0.15) is 0 Å². The van der Waals surface area contributed by atoms with Crippen molar-refractivity contribution in [2.75, 3.05) is 53.6 Å². The van der Waals surface area contributed by atoms with E-state index >= 15 is 0 Å². The Morgan fingerprint density at radius 3 is 2.56 bits per heavy atom. The molecule has 1 amide bonds. The molecular weight excluding hydrogens is 232 g/mol. The molecule has 0 spiro atoms. The van der Waals surface area contributed by atoms with Gasteiger partial charge in [-0.15, -0.1) is 0 Å². The van der Waals surface area contributed by atoms with Crippen molar-refractivity contribution < 1.29 is 14.3 Å². The van der Waals surface area contributed by atoms with Crippen LogP contribution in [0.25, 0.3) is 0 Å². The van der Waals surface area contributed by atoms with Gasteiger partial charge in [0, 0.05) is 40.5 Å². The van der Waals surface area contributed by atoms with Crippen molar-refractivity contribution in [3.63, 3.8) is 0 Å². The van der Waals surface area contributed by atoms with Crippen LogP contribution in [0.2, 0.25) is 0 Å². The van der Waals surface area contributed by atoms with Crippen molar-refractivity contribution in [2.24, 2.45) is 5.41 Å². The van der Waals surface area contributed by atoms with Crippen molar-refractivity contribution in [1.29, 1.82) is 0 Å².